The first-order valence-corrected chi connectivity index (χ1v) is 11.6. The van der Waals surface area contributed by atoms with Gasteiger partial charge in [0, 0.05) is 24.6 Å². The minimum absolute atomic E-state index is 0.00116. The molecule has 4 bridgehead atoms. The largest absolute Gasteiger partial charge is 0.455 e. The Morgan fingerprint density at radius 2 is 1.63 bits per heavy atom. The number of benzene rings is 1. The molecule has 5 aliphatic carbocycles. The van der Waals surface area contributed by atoms with Gasteiger partial charge >= 0.3 is 5.97 Å². The number of carbonyl (C=O) groups excluding carboxylic acids is 2. The summed E-state index contributed by atoms with van der Waals surface area (Å²) in [4.78, 5) is 25.1. The van der Waals surface area contributed by atoms with Crippen LogP contribution in [0.4, 0.5) is 5.69 Å². The van der Waals surface area contributed by atoms with E-state index >= 15 is 0 Å². The van der Waals surface area contributed by atoms with Crippen molar-refractivity contribution in [1.82, 2.24) is 0 Å². The Morgan fingerprint density at radius 3 is 2.33 bits per heavy atom. The Hall–Kier alpha value is -2.24. The number of amides is 1. The monoisotopic (exact) mass is 411 g/mol. The number of rotatable bonds is 4. The van der Waals surface area contributed by atoms with Gasteiger partial charge in [0.25, 0.3) is 11.7 Å². The number of carbonyl (C=O) groups is 2. The van der Waals surface area contributed by atoms with E-state index in [1.165, 1.54) is 6.42 Å². The number of nitrogens with one attached hydrogen (secondary N) is 1. The van der Waals surface area contributed by atoms with Crippen LogP contribution in [0.15, 0.2) is 18.2 Å². The molecule has 0 aromatic heterocycles. The van der Waals surface area contributed by atoms with E-state index in [4.69, 9.17) is 14.2 Å². The number of ether oxygens (including phenoxy) is 3. The van der Waals surface area contributed by atoms with Gasteiger partial charge in [0.05, 0.1) is 5.92 Å². The minimum atomic E-state index is -0.515. The molecule has 6 nitrogen and oxygen atoms in total. The molecule has 1 aliphatic heterocycles. The summed E-state index contributed by atoms with van der Waals surface area (Å²) in [5.41, 5.74) is 0.628. The highest BCUT2D eigenvalue weighted by molar-refractivity contribution is 5.93. The van der Waals surface area contributed by atoms with Crippen molar-refractivity contribution in [2.45, 2.75) is 63.6 Å². The van der Waals surface area contributed by atoms with Gasteiger partial charge in [-0.05, 0) is 80.8 Å². The van der Waals surface area contributed by atoms with Crippen LogP contribution in [0.5, 0.6) is 11.5 Å². The van der Waals surface area contributed by atoms with Crippen LogP contribution >= 0.6 is 0 Å². The van der Waals surface area contributed by atoms with Crippen LogP contribution < -0.4 is 14.8 Å². The molecule has 5 saturated carbocycles. The van der Waals surface area contributed by atoms with Crippen molar-refractivity contribution in [1.29, 1.82) is 0 Å². The summed E-state index contributed by atoms with van der Waals surface area (Å²) in [6.45, 7) is -0.236. The number of hydrogen-bond acceptors (Lipinski definition) is 5. The molecule has 1 spiro atoms. The number of esters is 1. The highest BCUT2D eigenvalue weighted by atomic mass is 16.7. The zero-order valence-electron chi connectivity index (χ0n) is 17.2. The lowest BCUT2D eigenvalue weighted by molar-refractivity contribution is -0.164. The maximum Gasteiger partial charge on any atom is 0.310 e. The average Bonchev–Trinajstić information content (AvgIpc) is 3.31. The van der Waals surface area contributed by atoms with Crippen LogP contribution in [-0.2, 0) is 14.3 Å². The summed E-state index contributed by atoms with van der Waals surface area (Å²) in [6.07, 6.45) is 10.0. The van der Waals surface area contributed by atoms with Crippen molar-refractivity contribution in [2.75, 3.05) is 11.9 Å². The standard InChI is InChI=1S/C24H29NO5/c26-21(13-28-23(27)22-16-8-14-7-15(10-16)11-17(22)9-14)25-18-3-4-19-20(12-18)30-24(29-19)5-1-2-6-24/h3-4,12,14-17,22H,1-2,5-11,13H2,(H,25,26). The molecule has 7 rings (SSSR count). The van der Waals surface area contributed by atoms with Crippen molar-refractivity contribution >= 4 is 17.6 Å². The normalized spacial score (nSPS) is 34.3. The predicted octanol–water partition coefficient (Wildman–Crippen LogP) is 4.28. The maximum atomic E-state index is 12.7. The van der Waals surface area contributed by atoms with Crippen molar-refractivity contribution in [2.24, 2.45) is 29.6 Å². The van der Waals surface area contributed by atoms with Crippen LogP contribution in [0, 0.1) is 29.6 Å². The highest BCUT2D eigenvalue weighted by Crippen LogP contribution is 2.56. The average molecular weight is 411 g/mol. The van der Waals surface area contributed by atoms with Crippen molar-refractivity contribution in [3.8, 4) is 11.5 Å². The van der Waals surface area contributed by atoms with Crippen molar-refractivity contribution in [3.63, 3.8) is 0 Å². The summed E-state index contributed by atoms with van der Waals surface area (Å²) < 4.78 is 17.5. The summed E-state index contributed by atoms with van der Waals surface area (Å²) in [5.74, 6) is 2.95. The second-order valence-corrected chi connectivity index (χ2v) is 10.1. The van der Waals surface area contributed by atoms with Crippen molar-refractivity contribution < 1.29 is 23.8 Å². The Labute approximate surface area is 176 Å². The number of anilines is 1. The molecule has 6 aliphatic rings. The second-order valence-electron chi connectivity index (χ2n) is 10.1. The van der Waals surface area contributed by atoms with E-state index in [-0.39, 0.29) is 24.4 Å². The first-order chi connectivity index (χ1) is 14.6. The third kappa shape index (κ3) is 3.15. The van der Waals surface area contributed by atoms with Gasteiger partial charge in [-0.2, -0.15) is 0 Å². The Bertz CT molecular complexity index is 846. The topological polar surface area (TPSA) is 73.9 Å². The molecule has 160 valence electrons. The third-order valence-electron chi connectivity index (χ3n) is 8.03. The Morgan fingerprint density at radius 1 is 0.967 bits per heavy atom. The van der Waals surface area contributed by atoms with Gasteiger partial charge < -0.3 is 19.5 Å². The van der Waals surface area contributed by atoms with Gasteiger partial charge in [0.2, 0.25) is 0 Å². The molecule has 5 fully saturated rings. The number of hydrogen-bond donors (Lipinski definition) is 1. The molecule has 1 N–H and O–H groups in total. The minimum Gasteiger partial charge on any atom is -0.455 e. The van der Waals surface area contributed by atoms with Crippen LogP contribution in [0.25, 0.3) is 0 Å². The van der Waals surface area contributed by atoms with Gasteiger partial charge in [-0.25, -0.2) is 0 Å². The molecule has 1 amide bonds. The maximum absolute atomic E-state index is 12.7. The molecule has 1 aromatic rings. The first kappa shape index (κ1) is 18.5. The molecular formula is C24H29NO5. The smallest absolute Gasteiger partial charge is 0.310 e. The van der Waals surface area contributed by atoms with E-state index in [9.17, 15) is 9.59 Å². The fourth-order valence-electron chi connectivity index (χ4n) is 7.03. The van der Waals surface area contributed by atoms with E-state index in [2.05, 4.69) is 5.32 Å². The van der Waals surface area contributed by atoms with Gasteiger partial charge in [-0.3, -0.25) is 9.59 Å². The van der Waals surface area contributed by atoms with Crippen LogP contribution in [0.3, 0.4) is 0 Å². The zero-order valence-corrected chi connectivity index (χ0v) is 17.2. The molecule has 30 heavy (non-hydrogen) atoms. The summed E-state index contributed by atoms with van der Waals surface area (Å²) in [5, 5.41) is 2.82. The molecular weight excluding hydrogens is 382 g/mol. The number of fused-ring (bicyclic) bond motifs is 1. The van der Waals surface area contributed by atoms with Gasteiger partial charge in [0.15, 0.2) is 18.1 Å². The SMILES string of the molecule is O=C(COC(=O)C1C2CC3CC(C2)CC1C3)Nc1ccc2c(c1)OC1(CCCC1)O2. The lowest BCUT2D eigenvalue weighted by Crippen LogP contribution is -2.48. The van der Waals surface area contributed by atoms with E-state index in [0.717, 1.165) is 69.0 Å². The quantitative estimate of drug-likeness (QED) is 0.749. The summed E-state index contributed by atoms with van der Waals surface area (Å²) in [6, 6.07) is 5.42. The molecule has 6 heteroatoms. The van der Waals surface area contributed by atoms with Gasteiger partial charge in [0.1, 0.15) is 0 Å². The molecule has 1 heterocycles. The van der Waals surface area contributed by atoms with E-state index in [0.29, 0.717) is 23.3 Å². The van der Waals surface area contributed by atoms with Gasteiger partial charge in [-0.1, -0.05) is 0 Å². The lowest BCUT2D eigenvalue weighted by atomic mass is 9.52. The fraction of sp³-hybridized carbons (Fsp3) is 0.667. The van der Waals surface area contributed by atoms with E-state index in [1.807, 2.05) is 6.07 Å². The third-order valence-corrected chi connectivity index (χ3v) is 8.03. The zero-order chi connectivity index (χ0) is 20.3. The Balaban J connectivity index is 1.04. The molecule has 0 radical (unpaired) electrons. The van der Waals surface area contributed by atoms with Crippen molar-refractivity contribution in [3.05, 3.63) is 18.2 Å². The lowest BCUT2D eigenvalue weighted by Gasteiger charge is -2.53. The second kappa shape index (κ2) is 6.89. The fourth-order valence-corrected chi connectivity index (χ4v) is 7.03. The summed E-state index contributed by atoms with van der Waals surface area (Å²) in [7, 11) is 0. The molecule has 0 saturated heterocycles. The van der Waals surface area contributed by atoms with Gasteiger partial charge in [-0.15, -0.1) is 0 Å². The predicted molar refractivity (Wildman–Crippen MR) is 109 cm³/mol. The molecule has 0 atom stereocenters. The van der Waals surface area contributed by atoms with E-state index in [1.54, 1.807) is 12.1 Å². The van der Waals surface area contributed by atoms with Crippen LogP contribution in [-0.4, -0.2) is 24.3 Å². The molecule has 0 unspecified atom stereocenters. The molecule has 1 aromatic carbocycles. The Kier molecular flexibility index (Phi) is 4.26. The summed E-state index contributed by atoms with van der Waals surface area (Å²) >= 11 is 0. The van der Waals surface area contributed by atoms with Crippen LogP contribution in [0.1, 0.15) is 57.8 Å². The highest BCUT2D eigenvalue weighted by Gasteiger charge is 2.51. The van der Waals surface area contributed by atoms with E-state index < -0.39 is 5.79 Å². The first-order valence-electron chi connectivity index (χ1n) is 11.6. The van der Waals surface area contributed by atoms with Crippen LogP contribution in [0.2, 0.25) is 0 Å².